The SMILES string of the molecule is CCCNC(c1ccc(C)s1)C1CN(CC)CCO1. The number of aryl methyl sites for hydroxylation is 1. The summed E-state index contributed by atoms with van der Waals surface area (Å²) in [5.41, 5.74) is 0. The van der Waals surface area contributed by atoms with Crippen LogP contribution in [-0.2, 0) is 4.74 Å². The second kappa shape index (κ2) is 7.39. The van der Waals surface area contributed by atoms with Crippen molar-refractivity contribution >= 4 is 11.3 Å². The molecule has 1 aliphatic heterocycles. The number of ether oxygens (including phenoxy) is 1. The monoisotopic (exact) mass is 282 g/mol. The predicted molar refractivity (Wildman–Crippen MR) is 81.9 cm³/mol. The van der Waals surface area contributed by atoms with E-state index in [2.05, 4.69) is 43.1 Å². The number of nitrogens with zero attached hydrogens (tertiary/aromatic N) is 1. The number of rotatable bonds is 6. The molecule has 19 heavy (non-hydrogen) atoms. The minimum Gasteiger partial charge on any atom is -0.374 e. The van der Waals surface area contributed by atoms with E-state index in [1.54, 1.807) is 0 Å². The van der Waals surface area contributed by atoms with Gasteiger partial charge in [0.05, 0.1) is 18.8 Å². The van der Waals surface area contributed by atoms with Gasteiger partial charge in [-0.15, -0.1) is 11.3 Å². The Morgan fingerprint density at radius 2 is 2.32 bits per heavy atom. The second-order valence-corrected chi connectivity index (χ2v) is 6.50. The maximum absolute atomic E-state index is 6.04. The highest BCUT2D eigenvalue weighted by molar-refractivity contribution is 7.12. The molecular weight excluding hydrogens is 256 g/mol. The topological polar surface area (TPSA) is 24.5 Å². The average Bonchev–Trinajstić information content (AvgIpc) is 2.86. The fourth-order valence-corrected chi connectivity index (χ4v) is 3.56. The van der Waals surface area contributed by atoms with Crippen LogP contribution in [0, 0.1) is 6.92 Å². The molecular formula is C15H26N2OS. The van der Waals surface area contributed by atoms with Crippen molar-refractivity contribution in [2.75, 3.05) is 32.8 Å². The van der Waals surface area contributed by atoms with Gasteiger partial charge in [-0.25, -0.2) is 0 Å². The van der Waals surface area contributed by atoms with Crippen LogP contribution in [0.25, 0.3) is 0 Å². The van der Waals surface area contributed by atoms with Crippen LogP contribution in [0.1, 0.15) is 36.1 Å². The minimum absolute atomic E-state index is 0.276. The summed E-state index contributed by atoms with van der Waals surface area (Å²) in [4.78, 5) is 5.27. The largest absolute Gasteiger partial charge is 0.374 e. The minimum atomic E-state index is 0.276. The Morgan fingerprint density at radius 1 is 1.47 bits per heavy atom. The zero-order valence-corrected chi connectivity index (χ0v) is 13.1. The average molecular weight is 282 g/mol. The van der Waals surface area contributed by atoms with E-state index in [-0.39, 0.29) is 6.10 Å². The van der Waals surface area contributed by atoms with Crippen LogP contribution < -0.4 is 5.32 Å². The van der Waals surface area contributed by atoms with Crippen LogP contribution in [0.3, 0.4) is 0 Å². The molecule has 2 rings (SSSR count). The van der Waals surface area contributed by atoms with Gasteiger partial charge in [0.15, 0.2) is 0 Å². The van der Waals surface area contributed by atoms with Crippen molar-refractivity contribution < 1.29 is 4.74 Å². The third-order valence-corrected chi connectivity index (χ3v) is 4.76. The molecule has 1 fully saturated rings. The molecule has 3 nitrogen and oxygen atoms in total. The van der Waals surface area contributed by atoms with Gasteiger partial charge >= 0.3 is 0 Å². The first kappa shape index (κ1) is 15.0. The highest BCUT2D eigenvalue weighted by atomic mass is 32.1. The van der Waals surface area contributed by atoms with E-state index in [1.807, 2.05) is 11.3 Å². The normalized spacial score (nSPS) is 22.6. The van der Waals surface area contributed by atoms with E-state index in [4.69, 9.17) is 4.74 Å². The quantitative estimate of drug-likeness (QED) is 0.868. The Kier molecular flexibility index (Phi) is 5.82. The van der Waals surface area contributed by atoms with Crippen LogP contribution >= 0.6 is 11.3 Å². The van der Waals surface area contributed by atoms with Gasteiger partial charge in [0.1, 0.15) is 0 Å². The molecule has 0 aliphatic carbocycles. The molecule has 1 aromatic rings. The van der Waals surface area contributed by atoms with Crippen LogP contribution in [0.2, 0.25) is 0 Å². The van der Waals surface area contributed by atoms with Crippen molar-refractivity contribution in [1.29, 1.82) is 0 Å². The molecule has 0 bridgehead atoms. The Hall–Kier alpha value is -0.420. The van der Waals surface area contributed by atoms with Gasteiger partial charge in [0.2, 0.25) is 0 Å². The lowest BCUT2D eigenvalue weighted by molar-refractivity contribution is -0.0449. The third-order valence-electron chi connectivity index (χ3n) is 3.68. The molecule has 1 N–H and O–H groups in total. The van der Waals surface area contributed by atoms with E-state index in [0.29, 0.717) is 6.04 Å². The number of hydrogen-bond donors (Lipinski definition) is 1. The molecule has 1 aliphatic rings. The fourth-order valence-electron chi connectivity index (χ4n) is 2.56. The second-order valence-electron chi connectivity index (χ2n) is 5.18. The Morgan fingerprint density at radius 3 is 2.95 bits per heavy atom. The summed E-state index contributed by atoms with van der Waals surface area (Å²) in [5, 5.41) is 3.67. The van der Waals surface area contributed by atoms with Crippen LogP contribution in [0.5, 0.6) is 0 Å². The number of likely N-dealkylation sites (N-methyl/N-ethyl adjacent to an activating group) is 1. The highest BCUT2D eigenvalue weighted by Gasteiger charge is 2.29. The Balaban J connectivity index is 2.08. The van der Waals surface area contributed by atoms with Gasteiger partial charge in [0, 0.05) is 22.8 Å². The zero-order valence-electron chi connectivity index (χ0n) is 12.3. The standard InChI is InChI=1S/C15H26N2OS/c1-4-8-16-15(14-7-6-12(3)19-14)13-11-17(5-2)9-10-18-13/h6-7,13,15-16H,4-5,8-11H2,1-3H3. The van der Waals surface area contributed by atoms with Gasteiger partial charge in [-0.3, -0.25) is 4.90 Å². The molecule has 0 radical (unpaired) electrons. The van der Waals surface area contributed by atoms with Gasteiger partial charge in [-0.1, -0.05) is 13.8 Å². The van der Waals surface area contributed by atoms with Gasteiger partial charge < -0.3 is 10.1 Å². The summed E-state index contributed by atoms with van der Waals surface area (Å²) in [6.07, 6.45) is 1.43. The number of thiophene rings is 1. The van der Waals surface area contributed by atoms with Gasteiger partial charge in [-0.2, -0.15) is 0 Å². The summed E-state index contributed by atoms with van der Waals surface area (Å²) >= 11 is 1.89. The third kappa shape index (κ3) is 4.02. The maximum Gasteiger partial charge on any atom is 0.0904 e. The molecule has 108 valence electrons. The maximum atomic E-state index is 6.04. The summed E-state index contributed by atoms with van der Waals surface area (Å²) in [7, 11) is 0. The lowest BCUT2D eigenvalue weighted by Gasteiger charge is -2.36. The Labute approximate surface area is 121 Å². The first-order chi connectivity index (χ1) is 9.24. The first-order valence-corrected chi connectivity index (χ1v) is 8.20. The summed E-state index contributed by atoms with van der Waals surface area (Å²) < 4.78 is 6.04. The molecule has 0 aromatic carbocycles. The molecule has 1 aromatic heterocycles. The van der Waals surface area contributed by atoms with Crippen LogP contribution in [0.4, 0.5) is 0 Å². The Bertz CT molecular complexity index is 380. The van der Waals surface area contributed by atoms with Crippen LogP contribution in [0.15, 0.2) is 12.1 Å². The van der Waals surface area contributed by atoms with Crippen molar-refractivity contribution in [3.63, 3.8) is 0 Å². The van der Waals surface area contributed by atoms with E-state index in [9.17, 15) is 0 Å². The van der Waals surface area contributed by atoms with E-state index < -0.39 is 0 Å². The van der Waals surface area contributed by atoms with Crippen molar-refractivity contribution in [1.82, 2.24) is 10.2 Å². The van der Waals surface area contributed by atoms with Crippen molar-refractivity contribution in [2.24, 2.45) is 0 Å². The van der Waals surface area contributed by atoms with Crippen molar-refractivity contribution in [3.8, 4) is 0 Å². The van der Waals surface area contributed by atoms with E-state index in [0.717, 1.165) is 39.2 Å². The molecule has 0 spiro atoms. The lowest BCUT2D eigenvalue weighted by atomic mass is 10.1. The summed E-state index contributed by atoms with van der Waals surface area (Å²) in [6.45, 7) is 11.7. The molecule has 1 saturated heterocycles. The van der Waals surface area contributed by atoms with Gasteiger partial charge in [-0.05, 0) is 38.6 Å². The highest BCUT2D eigenvalue weighted by Crippen LogP contribution is 2.28. The van der Waals surface area contributed by atoms with Crippen LogP contribution in [-0.4, -0.2) is 43.8 Å². The number of hydrogen-bond acceptors (Lipinski definition) is 4. The number of morpholine rings is 1. The van der Waals surface area contributed by atoms with Gasteiger partial charge in [0.25, 0.3) is 0 Å². The fraction of sp³-hybridized carbons (Fsp3) is 0.733. The predicted octanol–water partition coefficient (Wildman–Crippen LogP) is 2.82. The van der Waals surface area contributed by atoms with Crippen molar-refractivity contribution in [3.05, 3.63) is 21.9 Å². The van der Waals surface area contributed by atoms with E-state index >= 15 is 0 Å². The van der Waals surface area contributed by atoms with E-state index in [1.165, 1.54) is 9.75 Å². The van der Waals surface area contributed by atoms with Crippen molar-refractivity contribution in [2.45, 2.75) is 39.3 Å². The lowest BCUT2D eigenvalue weighted by Crippen LogP contribution is -2.48. The molecule has 2 unspecified atom stereocenters. The first-order valence-electron chi connectivity index (χ1n) is 7.38. The molecule has 2 atom stereocenters. The molecule has 0 amide bonds. The zero-order chi connectivity index (χ0) is 13.7. The molecule has 0 saturated carbocycles. The number of nitrogens with one attached hydrogen (secondary N) is 1. The summed E-state index contributed by atoms with van der Waals surface area (Å²) in [5.74, 6) is 0. The smallest absolute Gasteiger partial charge is 0.0904 e. The molecule has 2 heterocycles. The molecule has 4 heteroatoms. The summed E-state index contributed by atoms with van der Waals surface area (Å²) in [6, 6.07) is 4.80.